The van der Waals surface area contributed by atoms with Crippen molar-refractivity contribution in [2.45, 2.75) is 32.3 Å². The summed E-state index contributed by atoms with van der Waals surface area (Å²) < 4.78 is 0. The van der Waals surface area contributed by atoms with Gasteiger partial charge in [-0.15, -0.1) is 0 Å². The van der Waals surface area contributed by atoms with E-state index in [0.29, 0.717) is 35.6 Å². The van der Waals surface area contributed by atoms with Gasteiger partial charge in [-0.1, -0.05) is 0 Å². The van der Waals surface area contributed by atoms with Crippen LogP contribution in [0.15, 0.2) is 36.8 Å². The highest BCUT2D eigenvalue weighted by atomic mass is 16.3. The molecule has 0 aliphatic heterocycles. The summed E-state index contributed by atoms with van der Waals surface area (Å²) in [5.74, 6) is 0.0330. The number of pyridine rings is 3. The normalized spacial score (nSPS) is 18.1. The molecule has 3 aromatic rings. The van der Waals surface area contributed by atoms with Crippen LogP contribution >= 0.6 is 0 Å². The third kappa shape index (κ3) is 4.07. The summed E-state index contributed by atoms with van der Waals surface area (Å²) in [5, 5.41) is 23.4. The van der Waals surface area contributed by atoms with Gasteiger partial charge in [0.1, 0.15) is 11.6 Å². The molecule has 4 N–H and O–H groups in total. The first-order valence-electron chi connectivity index (χ1n) is 9.67. The first kappa shape index (κ1) is 19.7. The van der Waals surface area contributed by atoms with Crippen LogP contribution < -0.4 is 11.1 Å². The Labute approximate surface area is 173 Å². The van der Waals surface area contributed by atoms with Crippen LogP contribution in [0.25, 0.3) is 22.0 Å². The van der Waals surface area contributed by atoms with E-state index in [9.17, 15) is 9.90 Å². The Morgan fingerprint density at radius 2 is 2.20 bits per heavy atom. The standard InChI is InChI=1S/C22H22N6O2/c1-22(2,30)8-12-3-4-25-10-16(12)18-6-13-7-19(26-11-17(13)20(24)27-18)28-21(29)15-5-14(15)9-23/h3-4,6-7,10-11,14-15,30H,5,8H2,1-2H3,(H2,24,27)(H,26,28,29)/t14?,15-/m0/s1. The zero-order valence-corrected chi connectivity index (χ0v) is 16.8. The third-order valence-electron chi connectivity index (χ3n) is 5.10. The summed E-state index contributed by atoms with van der Waals surface area (Å²) in [6.07, 6.45) is 5.98. The van der Waals surface area contributed by atoms with Gasteiger partial charge in [-0.3, -0.25) is 9.78 Å². The molecule has 0 aromatic carbocycles. The zero-order valence-electron chi connectivity index (χ0n) is 16.8. The summed E-state index contributed by atoms with van der Waals surface area (Å²) in [7, 11) is 0. The molecular formula is C22H22N6O2. The smallest absolute Gasteiger partial charge is 0.230 e. The van der Waals surface area contributed by atoms with E-state index >= 15 is 0 Å². The number of carbonyl (C=O) groups is 1. The number of amides is 1. The van der Waals surface area contributed by atoms with Crippen molar-refractivity contribution in [1.82, 2.24) is 15.0 Å². The van der Waals surface area contributed by atoms with Gasteiger partial charge in [-0.05, 0) is 49.4 Å². The molecule has 0 bridgehead atoms. The third-order valence-corrected chi connectivity index (χ3v) is 5.10. The van der Waals surface area contributed by atoms with Crippen molar-refractivity contribution >= 4 is 28.3 Å². The summed E-state index contributed by atoms with van der Waals surface area (Å²) in [6.45, 7) is 3.49. The molecule has 152 valence electrons. The molecule has 1 fully saturated rings. The lowest BCUT2D eigenvalue weighted by molar-refractivity contribution is -0.117. The van der Waals surface area contributed by atoms with Crippen molar-refractivity contribution in [2.24, 2.45) is 11.8 Å². The Morgan fingerprint density at radius 3 is 2.90 bits per heavy atom. The average molecular weight is 402 g/mol. The Hall–Kier alpha value is -3.57. The van der Waals surface area contributed by atoms with E-state index in [2.05, 4.69) is 26.3 Å². The van der Waals surface area contributed by atoms with Gasteiger partial charge in [0.2, 0.25) is 5.91 Å². The lowest BCUT2D eigenvalue weighted by Crippen LogP contribution is -2.22. The van der Waals surface area contributed by atoms with E-state index in [4.69, 9.17) is 11.0 Å². The van der Waals surface area contributed by atoms with Gasteiger partial charge >= 0.3 is 0 Å². The van der Waals surface area contributed by atoms with Crippen molar-refractivity contribution in [2.75, 3.05) is 11.1 Å². The number of hydrogen-bond acceptors (Lipinski definition) is 7. The quantitative estimate of drug-likeness (QED) is 0.596. The Morgan fingerprint density at radius 1 is 1.40 bits per heavy atom. The zero-order chi connectivity index (χ0) is 21.5. The molecule has 1 aliphatic carbocycles. The number of fused-ring (bicyclic) bond motifs is 1. The van der Waals surface area contributed by atoms with Crippen LogP contribution in [0.5, 0.6) is 0 Å². The van der Waals surface area contributed by atoms with Crippen molar-refractivity contribution in [3.8, 4) is 17.3 Å². The van der Waals surface area contributed by atoms with Gasteiger partial charge in [-0.2, -0.15) is 5.26 Å². The number of carbonyl (C=O) groups excluding carboxylic acids is 1. The van der Waals surface area contributed by atoms with Crippen LogP contribution in [0.1, 0.15) is 25.8 Å². The topological polar surface area (TPSA) is 138 Å². The second-order valence-corrected chi connectivity index (χ2v) is 8.27. The predicted octanol–water partition coefficient (Wildman–Crippen LogP) is 2.69. The van der Waals surface area contributed by atoms with E-state index in [1.165, 1.54) is 0 Å². The molecule has 3 heterocycles. The van der Waals surface area contributed by atoms with Crippen molar-refractivity contribution in [1.29, 1.82) is 5.26 Å². The van der Waals surface area contributed by atoms with Crippen LogP contribution in [0.4, 0.5) is 11.6 Å². The number of nitrogen functional groups attached to an aromatic ring is 1. The number of hydrogen-bond donors (Lipinski definition) is 3. The minimum atomic E-state index is -0.885. The Bertz CT molecular complexity index is 1180. The summed E-state index contributed by atoms with van der Waals surface area (Å²) in [4.78, 5) is 25.2. The molecule has 0 spiro atoms. The van der Waals surface area contributed by atoms with Gasteiger partial charge in [-0.25, -0.2) is 9.97 Å². The lowest BCUT2D eigenvalue weighted by Gasteiger charge is -2.19. The van der Waals surface area contributed by atoms with E-state index in [0.717, 1.165) is 16.5 Å². The molecule has 8 nitrogen and oxygen atoms in total. The van der Waals surface area contributed by atoms with E-state index < -0.39 is 5.60 Å². The monoisotopic (exact) mass is 402 g/mol. The van der Waals surface area contributed by atoms with Gasteiger partial charge in [0, 0.05) is 36.0 Å². The average Bonchev–Trinajstić information content (AvgIpc) is 3.47. The number of nitrogens with one attached hydrogen (secondary N) is 1. The van der Waals surface area contributed by atoms with Crippen LogP contribution in [0, 0.1) is 23.2 Å². The van der Waals surface area contributed by atoms with Gasteiger partial charge in [0.25, 0.3) is 0 Å². The van der Waals surface area contributed by atoms with Crippen LogP contribution in [-0.4, -0.2) is 31.6 Å². The van der Waals surface area contributed by atoms with E-state index in [1.807, 2.05) is 12.1 Å². The molecule has 30 heavy (non-hydrogen) atoms. The molecular weight excluding hydrogens is 380 g/mol. The highest BCUT2D eigenvalue weighted by Gasteiger charge is 2.43. The first-order valence-corrected chi connectivity index (χ1v) is 9.67. The van der Waals surface area contributed by atoms with Gasteiger partial charge in [0.05, 0.1) is 29.2 Å². The highest BCUT2D eigenvalue weighted by molar-refractivity contribution is 5.98. The first-order chi connectivity index (χ1) is 14.2. The molecule has 0 saturated heterocycles. The number of rotatable bonds is 5. The summed E-state index contributed by atoms with van der Waals surface area (Å²) in [5.41, 5.74) is 7.60. The second kappa shape index (κ2) is 7.35. The molecule has 8 heteroatoms. The molecule has 1 aliphatic rings. The van der Waals surface area contributed by atoms with Crippen molar-refractivity contribution < 1.29 is 9.90 Å². The maximum Gasteiger partial charge on any atom is 0.230 e. The van der Waals surface area contributed by atoms with Gasteiger partial charge < -0.3 is 16.2 Å². The second-order valence-electron chi connectivity index (χ2n) is 8.27. The van der Waals surface area contributed by atoms with Crippen LogP contribution in [0.2, 0.25) is 0 Å². The maximum absolute atomic E-state index is 12.2. The fraction of sp³-hybridized carbons (Fsp3) is 0.318. The number of aromatic nitrogens is 3. The molecule has 4 rings (SSSR count). The Kier molecular flexibility index (Phi) is 4.84. The molecule has 3 aromatic heterocycles. The molecule has 1 saturated carbocycles. The summed E-state index contributed by atoms with van der Waals surface area (Å²) >= 11 is 0. The molecule has 2 atom stereocenters. The lowest BCUT2D eigenvalue weighted by atomic mass is 9.94. The maximum atomic E-state index is 12.2. The van der Waals surface area contributed by atoms with E-state index in [-0.39, 0.29) is 17.7 Å². The number of aliphatic hydroxyl groups is 1. The highest BCUT2D eigenvalue weighted by Crippen LogP contribution is 2.38. The number of anilines is 2. The van der Waals surface area contributed by atoms with E-state index in [1.54, 1.807) is 38.5 Å². The van der Waals surface area contributed by atoms with Crippen LogP contribution in [0.3, 0.4) is 0 Å². The van der Waals surface area contributed by atoms with Crippen LogP contribution in [-0.2, 0) is 11.2 Å². The minimum Gasteiger partial charge on any atom is -0.390 e. The van der Waals surface area contributed by atoms with Crippen molar-refractivity contribution in [3.63, 3.8) is 0 Å². The largest absolute Gasteiger partial charge is 0.390 e. The number of nitriles is 1. The van der Waals surface area contributed by atoms with Crippen molar-refractivity contribution in [3.05, 3.63) is 42.4 Å². The number of nitrogens with zero attached hydrogens (tertiary/aromatic N) is 4. The molecule has 1 unspecified atom stereocenters. The molecule has 1 amide bonds. The summed E-state index contributed by atoms with van der Waals surface area (Å²) in [6, 6.07) is 7.57. The SMILES string of the molecule is CC(C)(O)Cc1ccncc1-c1cc2cc(NC(=O)[C@H]3CC3C#N)ncc2c(N)n1. The van der Waals surface area contributed by atoms with Gasteiger partial charge in [0.15, 0.2) is 0 Å². The minimum absolute atomic E-state index is 0.199. The predicted molar refractivity (Wildman–Crippen MR) is 113 cm³/mol. The number of nitrogens with two attached hydrogens (primary N) is 1. The fourth-order valence-electron chi connectivity index (χ4n) is 3.50. The Balaban J connectivity index is 1.70. The molecule has 0 radical (unpaired) electrons. The fourth-order valence-corrected chi connectivity index (χ4v) is 3.50.